The van der Waals surface area contributed by atoms with Gasteiger partial charge in [-0.2, -0.15) is 5.26 Å². The van der Waals surface area contributed by atoms with Crippen molar-refractivity contribution in [2.24, 2.45) is 34.7 Å². The van der Waals surface area contributed by atoms with Crippen molar-refractivity contribution in [3.63, 3.8) is 0 Å². The number of carbonyl (C=O) groups is 2. The molecule has 2 aromatic rings. The van der Waals surface area contributed by atoms with Crippen LogP contribution in [0.1, 0.15) is 17.5 Å². The Labute approximate surface area is 184 Å². The molecular weight excluding hydrogens is 408 g/mol. The zero-order valence-electron chi connectivity index (χ0n) is 17.1. The number of nitriles is 1. The molecule has 32 heavy (non-hydrogen) atoms. The van der Waals surface area contributed by atoms with E-state index in [0.717, 1.165) is 23.3 Å². The Morgan fingerprint density at radius 1 is 1.09 bits per heavy atom. The molecule has 1 aromatic heterocycles. The van der Waals surface area contributed by atoms with Crippen LogP contribution in [0.2, 0.25) is 0 Å². The SMILES string of the molecule is N#CCOc1ccccc1C1=NO[C@H]2[C@H]3C[C@@H]([C@@H]12)[C@@H]1C(=O)N(Cc2cccnc2)C(=O)[C@H]31. The lowest BCUT2D eigenvalue weighted by Gasteiger charge is -2.30. The summed E-state index contributed by atoms with van der Waals surface area (Å²) in [5.41, 5.74) is 2.37. The Hall–Kier alpha value is -3.73. The van der Waals surface area contributed by atoms with Crippen LogP contribution >= 0.6 is 0 Å². The fraction of sp³-hybridized carbons (Fsp3) is 0.375. The molecule has 8 nitrogen and oxygen atoms in total. The standard InChI is InChI=1S/C24H20N4O4/c25-7-9-31-17-6-2-1-5-14(17)21-20-15-10-16(22(20)32-27-21)19-18(15)23(29)28(24(19)30)12-13-4-3-8-26-11-13/h1-6,8,11,15-16,18-20,22H,9-10,12H2/t15-,16+,18+,19-,20+,22+/m1/s1. The predicted octanol–water partition coefficient (Wildman–Crippen LogP) is 2.15. The summed E-state index contributed by atoms with van der Waals surface area (Å²) < 4.78 is 5.60. The number of nitrogens with zero attached hydrogens (tertiary/aromatic N) is 4. The molecule has 1 saturated heterocycles. The first-order valence-electron chi connectivity index (χ1n) is 10.8. The van der Waals surface area contributed by atoms with Gasteiger partial charge in [0, 0.05) is 29.8 Å². The summed E-state index contributed by atoms with van der Waals surface area (Å²) in [4.78, 5) is 38.0. The first-order valence-corrected chi connectivity index (χ1v) is 10.8. The number of ether oxygens (including phenoxy) is 1. The van der Waals surface area contributed by atoms with E-state index >= 15 is 0 Å². The molecule has 2 amide bonds. The summed E-state index contributed by atoms with van der Waals surface area (Å²) in [7, 11) is 0. The van der Waals surface area contributed by atoms with Gasteiger partial charge in [-0.3, -0.25) is 19.5 Å². The third-order valence-corrected chi connectivity index (χ3v) is 7.30. The molecule has 2 bridgehead atoms. The average Bonchev–Trinajstić information content (AvgIpc) is 3.56. The van der Waals surface area contributed by atoms with Gasteiger partial charge >= 0.3 is 0 Å². The first kappa shape index (κ1) is 19.0. The van der Waals surface area contributed by atoms with Gasteiger partial charge in [0.1, 0.15) is 17.9 Å². The lowest BCUT2D eigenvalue weighted by molar-refractivity contribution is -0.141. The van der Waals surface area contributed by atoms with Crippen molar-refractivity contribution in [3.05, 3.63) is 59.9 Å². The first-order chi connectivity index (χ1) is 15.7. The minimum Gasteiger partial charge on any atom is -0.478 e. The molecule has 3 heterocycles. The molecule has 0 N–H and O–H groups in total. The number of likely N-dealkylation sites (tertiary alicyclic amines) is 1. The Morgan fingerprint density at radius 2 is 1.91 bits per heavy atom. The number of hydrogen-bond acceptors (Lipinski definition) is 7. The summed E-state index contributed by atoms with van der Waals surface area (Å²) in [5, 5.41) is 13.3. The zero-order valence-corrected chi connectivity index (χ0v) is 17.1. The number of rotatable bonds is 5. The van der Waals surface area contributed by atoms with Crippen LogP contribution in [0.15, 0.2) is 53.9 Å². The fourth-order valence-corrected chi connectivity index (χ4v) is 6.15. The van der Waals surface area contributed by atoms with Gasteiger partial charge in [0.25, 0.3) is 0 Å². The summed E-state index contributed by atoms with van der Waals surface area (Å²) in [6.45, 7) is 0.187. The van der Waals surface area contributed by atoms with Crippen LogP contribution in [0, 0.1) is 40.9 Å². The lowest BCUT2D eigenvalue weighted by atomic mass is 9.71. The second-order valence-corrected chi connectivity index (χ2v) is 8.75. The van der Waals surface area contributed by atoms with Crippen LogP contribution in [0.25, 0.3) is 0 Å². The fourth-order valence-electron chi connectivity index (χ4n) is 6.15. The number of aromatic nitrogens is 1. The van der Waals surface area contributed by atoms with Crippen molar-refractivity contribution < 1.29 is 19.2 Å². The van der Waals surface area contributed by atoms with E-state index in [-0.39, 0.29) is 60.7 Å². The highest BCUT2D eigenvalue weighted by Crippen LogP contribution is 2.62. The van der Waals surface area contributed by atoms with E-state index in [1.54, 1.807) is 24.5 Å². The normalized spacial score (nSPS) is 31.7. The second kappa shape index (κ2) is 7.16. The minimum absolute atomic E-state index is 0.00405. The van der Waals surface area contributed by atoms with Crippen molar-refractivity contribution in [3.8, 4) is 11.8 Å². The average molecular weight is 428 g/mol. The molecule has 160 valence electrons. The molecule has 4 aliphatic rings. The number of amides is 2. The topological polar surface area (TPSA) is 105 Å². The Morgan fingerprint density at radius 3 is 2.69 bits per heavy atom. The molecule has 6 rings (SSSR count). The zero-order chi connectivity index (χ0) is 21.8. The predicted molar refractivity (Wildman–Crippen MR) is 111 cm³/mol. The number of fused-ring (bicyclic) bond motifs is 8. The quantitative estimate of drug-likeness (QED) is 0.676. The van der Waals surface area contributed by atoms with Gasteiger partial charge in [-0.05, 0) is 36.1 Å². The number of pyridine rings is 1. The van der Waals surface area contributed by atoms with Gasteiger partial charge in [0.15, 0.2) is 6.61 Å². The van der Waals surface area contributed by atoms with Gasteiger partial charge in [-0.15, -0.1) is 0 Å². The van der Waals surface area contributed by atoms with Crippen molar-refractivity contribution in [2.45, 2.75) is 19.1 Å². The van der Waals surface area contributed by atoms with Gasteiger partial charge < -0.3 is 9.57 Å². The van der Waals surface area contributed by atoms with Gasteiger partial charge in [-0.25, -0.2) is 0 Å². The van der Waals surface area contributed by atoms with Crippen LogP contribution in [0.4, 0.5) is 0 Å². The number of hydrogen-bond donors (Lipinski definition) is 0. The molecule has 3 fully saturated rings. The van der Waals surface area contributed by atoms with Crippen LogP contribution in [0.5, 0.6) is 5.75 Å². The number of carbonyl (C=O) groups excluding carboxylic acids is 2. The van der Waals surface area contributed by atoms with E-state index in [0.29, 0.717) is 5.75 Å². The molecule has 8 heteroatoms. The maximum Gasteiger partial charge on any atom is 0.233 e. The highest BCUT2D eigenvalue weighted by molar-refractivity contribution is 6.09. The van der Waals surface area contributed by atoms with Gasteiger partial charge in [-0.1, -0.05) is 23.4 Å². The molecule has 1 aromatic carbocycles. The lowest BCUT2D eigenvalue weighted by Crippen LogP contribution is -2.41. The van der Waals surface area contributed by atoms with Crippen molar-refractivity contribution in [1.82, 2.24) is 9.88 Å². The number of oxime groups is 1. The third-order valence-electron chi connectivity index (χ3n) is 7.30. The molecule has 0 spiro atoms. The summed E-state index contributed by atoms with van der Waals surface area (Å²) >= 11 is 0. The van der Waals surface area contributed by atoms with Crippen LogP contribution in [0.3, 0.4) is 0 Å². The maximum atomic E-state index is 13.4. The summed E-state index contributed by atoms with van der Waals surface area (Å²) in [6, 6.07) is 13.1. The second-order valence-electron chi connectivity index (χ2n) is 8.75. The van der Waals surface area contributed by atoms with Gasteiger partial charge in [0.05, 0.1) is 24.1 Å². The van der Waals surface area contributed by atoms with Crippen molar-refractivity contribution in [2.75, 3.05) is 6.61 Å². The molecule has 2 aliphatic heterocycles. The third kappa shape index (κ3) is 2.60. The monoisotopic (exact) mass is 428 g/mol. The van der Waals surface area contributed by atoms with Gasteiger partial charge in [0.2, 0.25) is 11.8 Å². The van der Waals surface area contributed by atoms with E-state index in [1.807, 2.05) is 30.3 Å². The highest BCUT2D eigenvalue weighted by atomic mass is 16.6. The van der Waals surface area contributed by atoms with Crippen LogP contribution in [-0.4, -0.2) is 40.1 Å². The van der Waals surface area contributed by atoms with E-state index in [4.69, 9.17) is 14.8 Å². The van der Waals surface area contributed by atoms with Crippen molar-refractivity contribution >= 4 is 17.5 Å². The molecule has 0 radical (unpaired) electrons. The van der Waals surface area contributed by atoms with E-state index in [1.165, 1.54) is 4.90 Å². The van der Waals surface area contributed by atoms with Crippen molar-refractivity contribution in [1.29, 1.82) is 5.26 Å². The maximum absolute atomic E-state index is 13.4. The van der Waals surface area contributed by atoms with E-state index < -0.39 is 0 Å². The number of benzene rings is 1. The summed E-state index contributed by atoms with van der Waals surface area (Å²) in [5.74, 6) is -0.421. The Kier molecular flexibility index (Phi) is 4.25. The molecule has 0 unspecified atom stereocenters. The molecule has 6 atom stereocenters. The largest absolute Gasteiger partial charge is 0.478 e. The summed E-state index contributed by atoms with van der Waals surface area (Å²) in [6.07, 6.45) is 3.92. The Bertz CT molecular complexity index is 1170. The number of imide groups is 1. The molecular formula is C24H20N4O4. The van der Waals surface area contributed by atoms with Crippen LogP contribution in [-0.2, 0) is 21.0 Å². The molecule has 2 aliphatic carbocycles. The van der Waals surface area contributed by atoms with E-state index in [2.05, 4.69) is 10.1 Å². The van der Waals surface area contributed by atoms with Crippen LogP contribution < -0.4 is 4.74 Å². The smallest absolute Gasteiger partial charge is 0.233 e. The highest BCUT2D eigenvalue weighted by Gasteiger charge is 2.70. The minimum atomic E-state index is -0.343. The molecule has 2 saturated carbocycles. The van der Waals surface area contributed by atoms with E-state index in [9.17, 15) is 9.59 Å². The Balaban J connectivity index is 1.30. The number of para-hydroxylation sites is 1.